The second-order valence-electron chi connectivity index (χ2n) is 5.36. The number of oxazole rings is 1. The van der Waals surface area contributed by atoms with Gasteiger partial charge in [0.15, 0.2) is 5.58 Å². The minimum atomic E-state index is -0.688. The van der Waals surface area contributed by atoms with Gasteiger partial charge >= 0.3 is 11.7 Å². The van der Waals surface area contributed by atoms with Gasteiger partial charge in [0.25, 0.3) is 0 Å². The van der Waals surface area contributed by atoms with Crippen LogP contribution in [0.15, 0.2) is 33.5 Å². The molecule has 1 aromatic heterocycles. The number of ether oxygens (including phenoxy) is 1. The van der Waals surface area contributed by atoms with Gasteiger partial charge in [-0.3, -0.25) is 4.57 Å². The predicted molar refractivity (Wildman–Crippen MR) is 73.5 cm³/mol. The van der Waals surface area contributed by atoms with Gasteiger partial charge < -0.3 is 9.15 Å². The summed E-state index contributed by atoms with van der Waals surface area (Å²) in [5.74, 6) is -0.447. The van der Waals surface area contributed by atoms with E-state index in [1.54, 1.807) is 31.2 Å². The third-order valence-electron chi connectivity index (χ3n) is 3.84. The molecule has 1 aliphatic carbocycles. The number of benzene rings is 1. The average molecular weight is 275 g/mol. The van der Waals surface area contributed by atoms with Crippen molar-refractivity contribution in [2.75, 3.05) is 0 Å². The number of fused-ring (bicyclic) bond motifs is 1. The molecule has 3 rings (SSSR count). The summed E-state index contributed by atoms with van der Waals surface area (Å²) in [6.07, 6.45) is 2.13. The van der Waals surface area contributed by atoms with Crippen LogP contribution in [0.2, 0.25) is 0 Å². The highest BCUT2D eigenvalue weighted by molar-refractivity contribution is 5.79. The Labute approximate surface area is 116 Å². The summed E-state index contributed by atoms with van der Waals surface area (Å²) in [4.78, 5) is 24.1. The van der Waals surface area contributed by atoms with Crippen LogP contribution in [0.25, 0.3) is 11.1 Å². The summed E-state index contributed by atoms with van der Waals surface area (Å²) >= 11 is 0. The first-order valence-corrected chi connectivity index (χ1v) is 6.88. The standard InChI is InChI=1S/C15H17NO4/c1-9(14(17)19-10(2)11-7-8-11)16-12-5-3-4-6-13(12)20-15(16)18/h3-6,9-11H,7-8H2,1-2H3/t9-,10-/m0/s1. The Morgan fingerprint density at radius 1 is 1.35 bits per heavy atom. The second kappa shape index (κ2) is 4.81. The van der Waals surface area contributed by atoms with Gasteiger partial charge in [-0.2, -0.15) is 0 Å². The summed E-state index contributed by atoms with van der Waals surface area (Å²) in [7, 11) is 0. The molecule has 0 radical (unpaired) electrons. The first-order valence-electron chi connectivity index (χ1n) is 6.88. The van der Waals surface area contributed by atoms with E-state index in [1.165, 1.54) is 4.57 Å². The van der Waals surface area contributed by atoms with Crippen LogP contribution < -0.4 is 5.76 Å². The largest absolute Gasteiger partial charge is 0.461 e. The fourth-order valence-electron chi connectivity index (χ4n) is 2.40. The third-order valence-corrected chi connectivity index (χ3v) is 3.84. The molecule has 0 spiro atoms. The zero-order chi connectivity index (χ0) is 14.3. The molecule has 1 fully saturated rings. The van der Waals surface area contributed by atoms with Gasteiger partial charge in [-0.25, -0.2) is 9.59 Å². The molecule has 5 nitrogen and oxygen atoms in total. The van der Waals surface area contributed by atoms with E-state index in [1.807, 2.05) is 6.92 Å². The van der Waals surface area contributed by atoms with Gasteiger partial charge in [0.2, 0.25) is 0 Å². The fraction of sp³-hybridized carbons (Fsp3) is 0.467. The summed E-state index contributed by atoms with van der Waals surface area (Å²) in [6, 6.07) is 6.37. The van der Waals surface area contributed by atoms with Crippen molar-refractivity contribution < 1.29 is 13.9 Å². The van der Waals surface area contributed by atoms with Gasteiger partial charge in [0.05, 0.1) is 5.52 Å². The molecule has 1 aromatic carbocycles. The number of carbonyl (C=O) groups is 1. The summed E-state index contributed by atoms with van der Waals surface area (Å²) in [5.41, 5.74) is 1.09. The van der Waals surface area contributed by atoms with Crippen LogP contribution in [-0.4, -0.2) is 16.6 Å². The van der Waals surface area contributed by atoms with Crippen LogP contribution in [0.5, 0.6) is 0 Å². The number of hydrogen-bond donors (Lipinski definition) is 0. The molecule has 0 amide bonds. The lowest BCUT2D eigenvalue weighted by atomic mass is 10.2. The van der Waals surface area contributed by atoms with Crippen molar-refractivity contribution in [3.63, 3.8) is 0 Å². The van der Waals surface area contributed by atoms with Crippen molar-refractivity contribution in [3.05, 3.63) is 34.8 Å². The minimum absolute atomic E-state index is 0.0844. The van der Waals surface area contributed by atoms with Crippen LogP contribution in [0, 0.1) is 5.92 Å². The van der Waals surface area contributed by atoms with Gasteiger partial charge in [-0.05, 0) is 44.7 Å². The number of hydrogen-bond acceptors (Lipinski definition) is 4. The lowest BCUT2D eigenvalue weighted by Crippen LogP contribution is -2.29. The number of nitrogens with zero attached hydrogens (tertiary/aromatic N) is 1. The zero-order valence-corrected chi connectivity index (χ0v) is 11.5. The van der Waals surface area contributed by atoms with E-state index in [0.717, 1.165) is 12.8 Å². The van der Waals surface area contributed by atoms with Gasteiger partial charge in [0, 0.05) is 0 Å². The Balaban J connectivity index is 1.87. The van der Waals surface area contributed by atoms with Crippen molar-refractivity contribution in [2.24, 2.45) is 5.92 Å². The molecule has 0 N–H and O–H groups in total. The Morgan fingerprint density at radius 3 is 2.75 bits per heavy atom. The third kappa shape index (κ3) is 2.24. The van der Waals surface area contributed by atoms with E-state index in [4.69, 9.17) is 9.15 Å². The van der Waals surface area contributed by atoms with E-state index < -0.39 is 17.8 Å². The van der Waals surface area contributed by atoms with Crippen LogP contribution in [0.1, 0.15) is 32.7 Å². The van der Waals surface area contributed by atoms with Crippen molar-refractivity contribution in [3.8, 4) is 0 Å². The Kier molecular flexibility index (Phi) is 3.12. The molecular weight excluding hydrogens is 258 g/mol. The molecule has 1 saturated carbocycles. The molecule has 1 heterocycles. The van der Waals surface area contributed by atoms with E-state index in [9.17, 15) is 9.59 Å². The van der Waals surface area contributed by atoms with E-state index in [2.05, 4.69) is 0 Å². The second-order valence-corrected chi connectivity index (χ2v) is 5.36. The Bertz CT molecular complexity index is 695. The normalized spacial score (nSPS) is 17.9. The molecule has 0 saturated heterocycles. The average Bonchev–Trinajstić information content (AvgIpc) is 3.20. The molecule has 0 bridgehead atoms. The highest BCUT2D eigenvalue weighted by Crippen LogP contribution is 2.34. The molecule has 0 aliphatic heterocycles. The maximum absolute atomic E-state index is 12.2. The van der Waals surface area contributed by atoms with Gasteiger partial charge in [0.1, 0.15) is 12.1 Å². The van der Waals surface area contributed by atoms with Gasteiger partial charge in [-0.1, -0.05) is 12.1 Å². The quantitative estimate of drug-likeness (QED) is 0.804. The summed E-state index contributed by atoms with van der Waals surface area (Å²) in [5, 5.41) is 0. The first-order chi connectivity index (χ1) is 9.58. The topological polar surface area (TPSA) is 61.4 Å². The van der Waals surface area contributed by atoms with Gasteiger partial charge in [-0.15, -0.1) is 0 Å². The fourth-order valence-corrected chi connectivity index (χ4v) is 2.40. The molecule has 2 aromatic rings. The van der Waals surface area contributed by atoms with Crippen molar-refractivity contribution >= 4 is 17.1 Å². The zero-order valence-electron chi connectivity index (χ0n) is 11.5. The SMILES string of the molecule is C[C@H](OC(=O)[C@H](C)n1c(=O)oc2ccccc21)C1CC1. The molecule has 20 heavy (non-hydrogen) atoms. The number of aromatic nitrogens is 1. The van der Waals surface area contributed by atoms with Crippen molar-refractivity contribution in [2.45, 2.75) is 38.8 Å². The summed E-state index contributed by atoms with van der Waals surface area (Å²) < 4.78 is 11.9. The maximum atomic E-state index is 12.2. The first kappa shape index (κ1) is 13.0. The van der Waals surface area contributed by atoms with Crippen molar-refractivity contribution in [1.29, 1.82) is 0 Å². The maximum Gasteiger partial charge on any atom is 0.420 e. The van der Waals surface area contributed by atoms with Crippen molar-refractivity contribution in [1.82, 2.24) is 4.57 Å². The van der Waals surface area contributed by atoms with E-state index in [-0.39, 0.29) is 6.10 Å². The Morgan fingerprint density at radius 2 is 2.05 bits per heavy atom. The predicted octanol–water partition coefficient (Wildman–Crippen LogP) is 2.50. The number of rotatable bonds is 4. The molecular formula is C15H17NO4. The minimum Gasteiger partial charge on any atom is -0.461 e. The molecule has 106 valence electrons. The number of para-hydroxylation sites is 2. The molecule has 0 unspecified atom stereocenters. The van der Waals surface area contributed by atoms with E-state index >= 15 is 0 Å². The number of carbonyl (C=O) groups excluding carboxylic acids is 1. The molecule has 1 aliphatic rings. The van der Waals surface area contributed by atoms with Crippen LogP contribution in [-0.2, 0) is 9.53 Å². The molecule has 5 heteroatoms. The van der Waals surface area contributed by atoms with Crippen LogP contribution in [0.4, 0.5) is 0 Å². The lowest BCUT2D eigenvalue weighted by molar-refractivity contribution is -0.152. The Hall–Kier alpha value is -2.04. The van der Waals surface area contributed by atoms with E-state index in [0.29, 0.717) is 17.0 Å². The molecule has 2 atom stereocenters. The van der Waals surface area contributed by atoms with Crippen LogP contribution in [0.3, 0.4) is 0 Å². The number of esters is 1. The lowest BCUT2D eigenvalue weighted by Gasteiger charge is -2.16. The van der Waals surface area contributed by atoms with Crippen LogP contribution >= 0.6 is 0 Å². The highest BCUT2D eigenvalue weighted by Gasteiger charge is 2.32. The summed E-state index contributed by atoms with van der Waals surface area (Å²) in [6.45, 7) is 3.56. The smallest absolute Gasteiger partial charge is 0.420 e. The monoisotopic (exact) mass is 275 g/mol. The highest BCUT2D eigenvalue weighted by atomic mass is 16.5.